The number of hydrogen-bond donors (Lipinski definition) is 2. The molecule has 0 spiro atoms. The van der Waals surface area contributed by atoms with E-state index in [9.17, 15) is 18.7 Å². The number of phenols is 1. The maximum atomic E-state index is 13.5. The number of amides is 1. The molecule has 0 saturated carbocycles. The van der Waals surface area contributed by atoms with Gasteiger partial charge in [-0.3, -0.25) is 4.79 Å². The van der Waals surface area contributed by atoms with Crippen molar-refractivity contribution >= 4 is 29.0 Å². The van der Waals surface area contributed by atoms with Gasteiger partial charge in [0.25, 0.3) is 0 Å². The lowest BCUT2D eigenvalue weighted by Crippen LogP contribution is -2.51. The number of carbonyl (C=O) groups excluding carboxylic acids is 1. The van der Waals surface area contributed by atoms with Gasteiger partial charge in [0.15, 0.2) is 23.2 Å². The summed E-state index contributed by atoms with van der Waals surface area (Å²) in [6.45, 7) is 4.42. The number of carbonyl (C=O) groups is 1. The molecular weight excluding hydrogens is 356 g/mol. The van der Waals surface area contributed by atoms with E-state index >= 15 is 0 Å². The summed E-state index contributed by atoms with van der Waals surface area (Å²) in [6, 6.07) is 1.51. The first kappa shape index (κ1) is 18.8. The molecule has 1 aliphatic rings. The lowest BCUT2D eigenvalue weighted by atomic mass is 10.1. The third kappa shape index (κ3) is 3.49. The molecular formula is C18H21F2N5O2. The molecule has 1 aromatic carbocycles. The number of nitrogens with zero attached hydrogens (tertiary/aromatic N) is 4. The van der Waals surface area contributed by atoms with Gasteiger partial charge in [0.2, 0.25) is 11.9 Å². The number of hydrogen-bond acceptors (Lipinski definition) is 6. The first-order valence-electron chi connectivity index (χ1n) is 8.69. The van der Waals surface area contributed by atoms with Crippen molar-refractivity contribution in [2.45, 2.75) is 32.7 Å². The van der Waals surface area contributed by atoms with Crippen LogP contribution >= 0.6 is 0 Å². The highest BCUT2D eigenvalue weighted by atomic mass is 19.1. The van der Waals surface area contributed by atoms with Crippen molar-refractivity contribution in [3.05, 3.63) is 30.0 Å². The summed E-state index contributed by atoms with van der Waals surface area (Å²) in [4.78, 5) is 24.6. The second-order valence-corrected chi connectivity index (χ2v) is 6.45. The molecule has 27 heavy (non-hydrogen) atoms. The van der Waals surface area contributed by atoms with Gasteiger partial charge in [-0.2, -0.15) is 4.98 Å². The number of phenolic OH excluding ortho intramolecular Hbond substituents is 1. The standard InChI is InChI=1S/C18H21F2N5O2/c1-4-5-6-25-14-9-21-18(23-16(14)24(3)10(2)17(25)27)22-11-7-12(19)15(26)13(20)8-11/h7-10,26H,4-6H2,1-3H3,(H,21,22,23)/t10-/m1/s1. The topological polar surface area (TPSA) is 81.6 Å². The highest BCUT2D eigenvalue weighted by Gasteiger charge is 2.34. The minimum atomic E-state index is -1.09. The molecule has 0 saturated heterocycles. The van der Waals surface area contributed by atoms with E-state index in [1.807, 2.05) is 6.92 Å². The largest absolute Gasteiger partial charge is 0.503 e. The number of likely N-dealkylation sites (N-methyl/N-ethyl adjacent to an activating group) is 1. The number of halogens is 2. The predicted octanol–water partition coefficient (Wildman–Crippen LogP) is 3.18. The van der Waals surface area contributed by atoms with E-state index in [0.29, 0.717) is 18.1 Å². The molecule has 0 fully saturated rings. The molecule has 2 N–H and O–H groups in total. The molecule has 1 aliphatic heterocycles. The Morgan fingerprint density at radius 1 is 1.30 bits per heavy atom. The summed E-state index contributed by atoms with van der Waals surface area (Å²) in [5.41, 5.74) is 0.663. The van der Waals surface area contributed by atoms with Crippen LogP contribution in [0.4, 0.5) is 31.9 Å². The van der Waals surface area contributed by atoms with Crippen molar-refractivity contribution in [1.29, 1.82) is 0 Å². The van der Waals surface area contributed by atoms with Crippen LogP contribution in [0, 0.1) is 11.6 Å². The van der Waals surface area contributed by atoms with Crippen molar-refractivity contribution < 1.29 is 18.7 Å². The molecule has 0 bridgehead atoms. The maximum Gasteiger partial charge on any atom is 0.249 e. The molecule has 1 atom stereocenters. The predicted molar refractivity (Wildman–Crippen MR) is 98.5 cm³/mol. The van der Waals surface area contributed by atoms with E-state index in [-0.39, 0.29) is 23.6 Å². The number of anilines is 4. The molecule has 0 unspecified atom stereocenters. The molecule has 3 rings (SSSR count). The van der Waals surface area contributed by atoms with Gasteiger partial charge in [-0.05, 0) is 13.3 Å². The molecule has 7 nitrogen and oxygen atoms in total. The van der Waals surface area contributed by atoms with Crippen LogP contribution in [0.25, 0.3) is 0 Å². The fraction of sp³-hybridized carbons (Fsp3) is 0.389. The Balaban J connectivity index is 1.94. The molecule has 1 amide bonds. The van der Waals surface area contributed by atoms with Crippen LogP contribution in [0.15, 0.2) is 18.3 Å². The van der Waals surface area contributed by atoms with Gasteiger partial charge in [0, 0.05) is 31.4 Å². The Hall–Kier alpha value is -2.97. The number of aromatic nitrogens is 2. The Kier molecular flexibility index (Phi) is 5.11. The lowest BCUT2D eigenvalue weighted by molar-refractivity contribution is -0.119. The van der Waals surface area contributed by atoms with Crippen molar-refractivity contribution in [3.8, 4) is 5.75 Å². The molecule has 1 aromatic heterocycles. The van der Waals surface area contributed by atoms with Crippen LogP contribution in [0.5, 0.6) is 5.75 Å². The Bertz CT molecular complexity index is 854. The summed E-state index contributed by atoms with van der Waals surface area (Å²) >= 11 is 0. The number of nitrogens with one attached hydrogen (secondary N) is 1. The van der Waals surface area contributed by atoms with Gasteiger partial charge < -0.3 is 20.2 Å². The van der Waals surface area contributed by atoms with Crippen LogP contribution < -0.4 is 15.1 Å². The van der Waals surface area contributed by atoms with Crippen molar-refractivity contribution in [1.82, 2.24) is 9.97 Å². The number of fused-ring (bicyclic) bond motifs is 1. The zero-order chi connectivity index (χ0) is 19.7. The van der Waals surface area contributed by atoms with E-state index in [1.54, 1.807) is 23.8 Å². The fourth-order valence-electron chi connectivity index (χ4n) is 2.88. The van der Waals surface area contributed by atoms with E-state index in [0.717, 1.165) is 25.0 Å². The van der Waals surface area contributed by atoms with Gasteiger partial charge in [-0.15, -0.1) is 0 Å². The monoisotopic (exact) mass is 377 g/mol. The van der Waals surface area contributed by atoms with Crippen molar-refractivity contribution in [2.24, 2.45) is 0 Å². The summed E-state index contributed by atoms with van der Waals surface area (Å²) in [7, 11) is 1.76. The lowest BCUT2D eigenvalue weighted by Gasteiger charge is -2.38. The van der Waals surface area contributed by atoms with Crippen LogP contribution in [-0.4, -0.2) is 40.6 Å². The summed E-state index contributed by atoms with van der Waals surface area (Å²) in [6.07, 6.45) is 3.32. The van der Waals surface area contributed by atoms with Crippen LogP contribution in [0.2, 0.25) is 0 Å². The van der Waals surface area contributed by atoms with Gasteiger partial charge in [-0.1, -0.05) is 13.3 Å². The Morgan fingerprint density at radius 3 is 2.59 bits per heavy atom. The fourth-order valence-corrected chi connectivity index (χ4v) is 2.88. The second-order valence-electron chi connectivity index (χ2n) is 6.45. The van der Waals surface area contributed by atoms with E-state index in [2.05, 4.69) is 15.3 Å². The zero-order valence-corrected chi connectivity index (χ0v) is 15.3. The number of aromatic hydroxyl groups is 1. The zero-order valence-electron chi connectivity index (χ0n) is 15.3. The first-order valence-corrected chi connectivity index (χ1v) is 8.69. The maximum absolute atomic E-state index is 13.5. The summed E-state index contributed by atoms with van der Waals surface area (Å²) in [5, 5.41) is 11.9. The highest BCUT2D eigenvalue weighted by Crippen LogP contribution is 2.34. The van der Waals surface area contributed by atoms with Crippen LogP contribution in [0.3, 0.4) is 0 Å². The molecule has 2 aromatic rings. The van der Waals surface area contributed by atoms with Crippen LogP contribution in [0.1, 0.15) is 26.7 Å². The number of unbranched alkanes of at least 4 members (excludes halogenated alkanes) is 1. The third-order valence-corrected chi connectivity index (χ3v) is 4.59. The Morgan fingerprint density at radius 2 is 1.96 bits per heavy atom. The number of benzene rings is 1. The molecule has 0 radical (unpaired) electrons. The minimum absolute atomic E-state index is 0.0227. The number of rotatable bonds is 5. The Labute approximate surface area is 155 Å². The third-order valence-electron chi connectivity index (χ3n) is 4.59. The minimum Gasteiger partial charge on any atom is -0.503 e. The first-order chi connectivity index (χ1) is 12.8. The molecule has 9 heteroatoms. The quantitative estimate of drug-likeness (QED) is 0.779. The van der Waals surface area contributed by atoms with E-state index in [1.165, 1.54) is 6.20 Å². The summed E-state index contributed by atoms with van der Waals surface area (Å²) < 4.78 is 27.0. The van der Waals surface area contributed by atoms with E-state index in [4.69, 9.17) is 0 Å². The molecule has 144 valence electrons. The average molecular weight is 377 g/mol. The average Bonchev–Trinajstić information content (AvgIpc) is 2.64. The molecule has 0 aliphatic carbocycles. The smallest absolute Gasteiger partial charge is 0.249 e. The van der Waals surface area contributed by atoms with Gasteiger partial charge >= 0.3 is 0 Å². The normalized spacial score (nSPS) is 16.5. The van der Waals surface area contributed by atoms with Crippen LogP contribution in [-0.2, 0) is 4.79 Å². The van der Waals surface area contributed by atoms with E-state index < -0.39 is 17.4 Å². The highest BCUT2D eigenvalue weighted by molar-refractivity contribution is 6.04. The SMILES string of the molecule is CCCCN1C(=O)[C@@H](C)N(C)c2nc(Nc3cc(F)c(O)c(F)c3)ncc21. The summed E-state index contributed by atoms with van der Waals surface area (Å²) in [5.74, 6) is -2.55. The second kappa shape index (κ2) is 7.34. The van der Waals surface area contributed by atoms with Gasteiger partial charge in [-0.25, -0.2) is 13.8 Å². The van der Waals surface area contributed by atoms with Crippen molar-refractivity contribution in [3.63, 3.8) is 0 Å². The van der Waals surface area contributed by atoms with Gasteiger partial charge in [0.1, 0.15) is 11.7 Å². The van der Waals surface area contributed by atoms with Gasteiger partial charge in [0.05, 0.1) is 6.20 Å². The molecule has 2 heterocycles. The van der Waals surface area contributed by atoms with Crippen molar-refractivity contribution in [2.75, 3.05) is 28.7 Å².